The van der Waals surface area contributed by atoms with Gasteiger partial charge in [0, 0.05) is 23.0 Å². The summed E-state index contributed by atoms with van der Waals surface area (Å²) in [6, 6.07) is 7.38. The van der Waals surface area contributed by atoms with Gasteiger partial charge in [-0.1, -0.05) is 33.2 Å². The molecule has 0 unspecified atom stereocenters. The SMILES string of the molecule is CC(C)(C)OC(=O)N1CCc2onc(-c3ccc(Br)cc3)c2C1=O. The van der Waals surface area contributed by atoms with Crippen LogP contribution in [0, 0.1) is 0 Å². The molecule has 2 heterocycles. The molecule has 24 heavy (non-hydrogen) atoms. The van der Waals surface area contributed by atoms with E-state index in [4.69, 9.17) is 9.26 Å². The lowest BCUT2D eigenvalue weighted by atomic mass is 10.0. The van der Waals surface area contributed by atoms with Crippen molar-refractivity contribution in [2.45, 2.75) is 32.8 Å². The van der Waals surface area contributed by atoms with Crippen molar-refractivity contribution in [2.24, 2.45) is 0 Å². The molecule has 2 amide bonds. The number of hydrogen-bond acceptors (Lipinski definition) is 5. The van der Waals surface area contributed by atoms with Gasteiger partial charge in [0.2, 0.25) is 0 Å². The van der Waals surface area contributed by atoms with Crippen molar-refractivity contribution in [1.29, 1.82) is 0 Å². The molecule has 1 aromatic heterocycles. The predicted molar refractivity (Wildman–Crippen MR) is 90.6 cm³/mol. The summed E-state index contributed by atoms with van der Waals surface area (Å²) in [6.45, 7) is 5.50. The molecule has 0 atom stereocenters. The zero-order valence-corrected chi connectivity index (χ0v) is 15.2. The Morgan fingerprint density at radius 1 is 1.29 bits per heavy atom. The van der Waals surface area contributed by atoms with Gasteiger partial charge in [0.15, 0.2) is 5.76 Å². The zero-order valence-electron chi connectivity index (χ0n) is 13.6. The molecule has 3 rings (SSSR count). The average Bonchev–Trinajstić information content (AvgIpc) is 2.91. The van der Waals surface area contributed by atoms with E-state index in [0.717, 1.165) is 14.9 Å². The minimum absolute atomic E-state index is 0.218. The quantitative estimate of drug-likeness (QED) is 0.731. The van der Waals surface area contributed by atoms with Crippen LogP contribution in [-0.2, 0) is 11.2 Å². The molecule has 0 spiro atoms. The van der Waals surface area contributed by atoms with Crippen LogP contribution >= 0.6 is 15.9 Å². The normalized spacial score (nSPS) is 14.5. The fraction of sp³-hybridized carbons (Fsp3) is 0.353. The van der Waals surface area contributed by atoms with Crippen LogP contribution in [0.1, 0.15) is 36.9 Å². The number of hydrogen-bond donors (Lipinski definition) is 0. The van der Waals surface area contributed by atoms with Crippen molar-refractivity contribution in [1.82, 2.24) is 10.1 Å². The second-order valence-corrected chi connectivity index (χ2v) is 7.44. The van der Waals surface area contributed by atoms with E-state index >= 15 is 0 Å². The van der Waals surface area contributed by atoms with Crippen molar-refractivity contribution in [3.63, 3.8) is 0 Å². The Balaban J connectivity index is 1.94. The van der Waals surface area contributed by atoms with Gasteiger partial charge >= 0.3 is 6.09 Å². The second-order valence-electron chi connectivity index (χ2n) is 6.52. The molecule has 6 nitrogen and oxygen atoms in total. The lowest BCUT2D eigenvalue weighted by Gasteiger charge is -2.28. The van der Waals surface area contributed by atoms with Crippen molar-refractivity contribution in [3.05, 3.63) is 40.1 Å². The first-order chi connectivity index (χ1) is 11.3. The third-order valence-corrected chi connectivity index (χ3v) is 4.04. The standard InChI is InChI=1S/C17H17BrN2O4/c1-17(2,3)23-16(22)20-9-8-12-13(15(20)21)14(19-24-12)10-4-6-11(18)7-5-10/h4-7H,8-9H2,1-3H3. The van der Waals surface area contributed by atoms with Crippen molar-refractivity contribution in [3.8, 4) is 11.3 Å². The topological polar surface area (TPSA) is 72.6 Å². The minimum Gasteiger partial charge on any atom is -0.443 e. The number of aromatic nitrogens is 1. The van der Waals surface area contributed by atoms with Crippen LogP contribution in [0.3, 0.4) is 0 Å². The summed E-state index contributed by atoms with van der Waals surface area (Å²) < 4.78 is 11.5. The molecule has 126 valence electrons. The summed E-state index contributed by atoms with van der Waals surface area (Å²) in [5, 5.41) is 4.03. The largest absolute Gasteiger partial charge is 0.443 e. The van der Waals surface area contributed by atoms with E-state index in [2.05, 4.69) is 21.1 Å². The molecule has 0 fully saturated rings. The van der Waals surface area contributed by atoms with Gasteiger partial charge in [-0.3, -0.25) is 4.79 Å². The highest BCUT2D eigenvalue weighted by atomic mass is 79.9. The summed E-state index contributed by atoms with van der Waals surface area (Å²) >= 11 is 3.37. The van der Waals surface area contributed by atoms with E-state index in [1.807, 2.05) is 24.3 Å². The maximum atomic E-state index is 12.8. The maximum absolute atomic E-state index is 12.8. The van der Waals surface area contributed by atoms with E-state index in [-0.39, 0.29) is 6.54 Å². The molecule has 0 radical (unpaired) electrons. The van der Waals surface area contributed by atoms with Crippen LogP contribution < -0.4 is 0 Å². The lowest BCUT2D eigenvalue weighted by molar-refractivity contribution is 0.0229. The Morgan fingerprint density at radius 3 is 2.58 bits per heavy atom. The first-order valence-corrected chi connectivity index (χ1v) is 8.35. The highest BCUT2D eigenvalue weighted by molar-refractivity contribution is 9.10. The highest BCUT2D eigenvalue weighted by Gasteiger charge is 2.37. The molecule has 0 aliphatic carbocycles. The predicted octanol–water partition coefficient (Wildman–Crippen LogP) is 4.04. The number of rotatable bonds is 1. The van der Waals surface area contributed by atoms with Crippen LogP contribution in [0.2, 0.25) is 0 Å². The molecule has 2 aromatic rings. The molecule has 1 aromatic carbocycles. The van der Waals surface area contributed by atoms with Gasteiger partial charge in [0.25, 0.3) is 5.91 Å². The molecule has 1 aliphatic heterocycles. The number of amides is 2. The first kappa shape index (κ1) is 16.7. The summed E-state index contributed by atoms with van der Waals surface area (Å²) in [5.41, 5.74) is 0.855. The van der Waals surface area contributed by atoms with Gasteiger partial charge in [-0.2, -0.15) is 0 Å². The molecule has 0 saturated heterocycles. The average molecular weight is 393 g/mol. The van der Waals surface area contributed by atoms with Crippen molar-refractivity contribution >= 4 is 27.9 Å². The Morgan fingerprint density at radius 2 is 1.96 bits per heavy atom. The van der Waals surface area contributed by atoms with Crippen LogP contribution in [-0.4, -0.2) is 34.2 Å². The number of carbonyl (C=O) groups excluding carboxylic acids is 2. The number of benzene rings is 1. The monoisotopic (exact) mass is 392 g/mol. The molecule has 0 saturated carbocycles. The molecule has 0 N–H and O–H groups in total. The Kier molecular flexibility index (Phi) is 4.21. The molecule has 1 aliphatic rings. The zero-order chi connectivity index (χ0) is 17.5. The van der Waals surface area contributed by atoms with Crippen LogP contribution in [0.25, 0.3) is 11.3 Å². The summed E-state index contributed by atoms with van der Waals surface area (Å²) in [5.74, 6) is 0.0578. The van der Waals surface area contributed by atoms with E-state index in [1.54, 1.807) is 20.8 Å². The third-order valence-electron chi connectivity index (χ3n) is 3.52. The Labute approximate surface area is 147 Å². The summed E-state index contributed by atoms with van der Waals surface area (Å²) in [4.78, 5) is 26.2. The van der Waals surface area contributed by atoms with E-state index in [0.29, 0.717) is 23.4 Å². The first-order valence-electron chi connectivity index (χ1n) is 7.55. The molecule has 7 heteroatoms. The lowest BCUT2D eigenvalue weighted by Crippen LogP contribution is -2.44. The van der Waals surface area contributed by atoms with Gasteiger partial charge in [-0.15, -0.1) is 0 Å². The number of fused-ring (bicyclic) bond motifs is 1. The number of imide groups is 1. The van der Waals surface area contributed by atoms with E-state index < -0.39 is 17.6 Å². The smallest absolute Gasteiger partial charge is 0.417 e. The summed E-state index contributed by atoms with van der Waals surface area (Å²) in [7, 11) is 0. The summed E-state index contributed by atoms with van der Waals surface area (Å²) in [6.07, 6.45) is -0.231. The second kappa shape index (κ2) is 6.05. The van der Waals surface area contributed by atoms with Crippen molar-refractivity contribution in [2.75, 3.05) is 6.54 Å². The number of nitrogens with zero attached hydrogens (tertiary/aromatic N) is 2. The van der Waals surface area contributed by atoms with Gasteiger partial charge < -0.3 is 9.26 Å². The van der Waals surface area contributed by atoms with Crippen LogP contribution in [0.5, 0.6) is 0 Å². The highest BCUT2D eigenvalue weighted by Crippen LogP contribution is 2.31. The molecule has 0 bridgehead atoms. The van der Waals surface area contributed by atoms with Gasteiger partial charge in [-0.25, -0.2) is 9.69 Å². The maximum Gasteiger partial charge on any atom is 0.417 e. The number of ether oxygens (including phenoxy) is 1. The van der Waals surface area contributed by atoms with Gasteiger partial charge in [0.1, 0.15) is 16.9 Å². The molecular formula is C17H17BrN2O4. The van der Waals surface area contributed by atoms with Crippen molar-refractivity contribution < 1.29 is 18.8 Å². The Bertz CT molecular complexity index is 790. The fourth-order valence-electron chi connectivity index (χ4n) is 2.46. The van der Waals surface area contributed by atoms with Crippen LogP contribution in [0.15, 0.2) is 33.3 Å². The van der Waals surface area contributed by atoms with Gasteiger partial charge in [-0.05, 0) is 32.9 Å². The van der Waals surface area contributed by atoms with E-state index in [1.165, 1.54) is 0 Å². The minimum atomic E-state index is -0.666. The third kappa shape index (κ3) is 3.21. The van der Waals surface area contributed by atoms with E-state index in [9.17, 15) is 9.59 Å². The molecular weight excluding hydrogens is 376 g/mol. The number of carbonyl (C=O) groups is 2. The fourth-order valence-corrected chi connectivity index (χ4v) is 2.73. The number of halogens is 1. The van der Waals surface area contributed by atoms with Crippen LogP contribution in [0.4, 0.5) is 4.79 Å². The van der Waals surface area contributed by atoms with Gasteiger partial charge in [0.05, 0.1) is 0 Å². The Hall–Kier alpha value is -2.15.